The zero-order valence-electron chi connectivity index (χ0n) is 12.8. The van der Waals surface area contributed by atoms with Gasteiger partial charge < -0.3 is 14.3 Å². The smallest absolute Gasteiger partial charge is 0.325 e. The molecule has 0 bridgehead atoms. The average molecular weight is 376 g/mol. The maximum atomic E-state index is 13.7. The fraction of sp³-hybridized carbons (Fsp3) is 0. The lowest BCUT2D eigenvalue weighted by Gasteiger charge is -2.03. The molecule has 130 valence electrons. The number of hydrogen-bond acceptors (Lipinski definition) is 6. The second-order valence-electron chi connectivity index (χ2n) is 5.20. The number of benzene rings is 2. The van der Waals surface area contributed by atoms with Gasteiger partial charge in [-0.3, -0.25) is 0 Å². The Labute approximate surface area is 149 Å². The van der Waals surface area contributed by atoms with E-state index in [9.17, 15) is 13.9 Å². The van der Waals surface area contributed by atoms with Crippen LogP contribution in [-0.2, 0) is 0 Å². The van der Waals surface area contributed by atoms with Crippen LogP contribution in [0.25, 0.3) is 22.7 Å². The summed E-state index contributed by atoms with van der Waals surface area (Å²) in [5.74, 6) is -1.69. The molecule has 2 aromatic carbocycles. The highest BCUT2D eigenvalue weighted by atomic mass is 35.5. The molecular formula is C17H8ClF2N3O3. The van der Waals surface area contributed by atoms with Crippen LogP contribution in [0.4, 0.5) is 8.78 Å². The van der Waals surface area contributed by atoms with E-state index < -0.39 is 11.6 Å². The van der Waals surface area contributed by atoms with Crippen molar-refractivity contribution >= 4 is 22.8 Å². The maximum Gasteiger partial charge on any atom is 0.325 e. The molecule has 0 unspecified atom stereocenters. The minimum absolute atomic E-state index is 0.0664. The van der Waals surface area contributed by atoms with Gasteiger partial charge in [-0.25, -0.2) is 18.7 Å². The number of hydrogen-bond donors (Lipinski definition) is 1. The second kappa shape index (κ2) is 6.23. The number of fused-ring (bicyclic) bond motifs is 1. The lowest BCUT2D eigenvalue weighted by Crippen LogP contribution is -1.94. The second-order valence-corrected chi connectivity index (χ2v) is 5.61. The Kier molecular flexibility index (Phi) is 3.89. The van der Waals surface area contributed by atoms with Crippen molar-refractivity contribution in [2.24, 2.45) is 0 Å². The summed E-state index contributed by atoms with van der Waals surface area (Å²) in [4.78, 5) is 12.2. The van der Waals surface area contributed by atoms with Gasteiger partial charge in [0.25, 0.3) is 5.71 Å². The molecule has 2 heterocycles. The van der Waals surface area contributed by atoms with E-state index in [2.05, 4.69) is 15.0 Å². The lowest BCUT2D eigenvalue weighted by atomic mass is 10.2. The lowest BCUT2D eigenvalue weighted by molar-refractivity contribution is 0.407. The predicted octanol–water partition coefficient (Wildman–Crippen LogP) is 4.71. The number of ether oxygens (including phenoxy) is 1. The highest BCUT2D eigenvalue weighted by molar-refractivity contribution is 6.32. The van der Waals surface area contributed by atoms with Crippen molar-refractivity contribution in [3.63, 3.8) is 0 Å². The van der Waals surface area contributed by atoms with Crippen LogP contribution in [0.3, 0.4) is 0 Å². The third-order valence-corrected chi connectivity index (χ3v) is 3.72. The van der Waals surface area contributed by atoms with E-state index in [1.165, 1.54) is 18.3 Å². The number of aromatic hydroxyl groups is 1. The summed E-state index contributed by atoms with van der Waals surface area (Å²) in [7, 11) is 0. The van der Waals surface area contributed by atoms with Gasteiger partial charge in [-0.05, 0) is 30.3 Å². The molecule has 9 heteroatoms. The van der Waals surface area contributed by atoms with Crippen molar-refractivity contribution in [3.8, 4) is 29.0 Å². The standard InChI is InChI=1S/C17H8ClF2N3O3/c18-10-5-8(1-3-13(10)24)15-22-12-7-21-17(23-16(12)26-15)25-14-4-2-9(19)6-11(14)20/h1-7,24H. The van der Waals surface area contributed by atoms with Crippen molar-refractivity contribution in [1.82, 2.24) is 15.0 Å². The fourth-order valence-electron chi connectivity index (χ4n) is 2.19. The molecule has 0 aliphatic carbocycles. The molecule has 0 atom stereocenters. The van der Waals surface area contributed by atoms with E-state index in [1.807, 2.05) is 0 Å². The molecule has 6 nitrogen and oxygen atoms in total. The van der Waals surface area contributed by atoms with E-state index in [4.69, 9.17) is 20.8 Å². The summed E-state index contributed by atoms with van der Waals surface area (Å²) in [6.07, 6.45) is 1.34. The Morgan fingerprint density at radius 2 is 1.92 bits per heavy atom. The van der Waals surface area contributed by atoms with E-state index >= 15 is 0 Å². The summed E-state index contributed by atoms with van der Waals surface area (Å²) in [6, 6.07) is 7.15. The van der Waals surface area contributed by atoms with Crippen molar-refractivity contribution in [2.75, 3.05) is 0 Å². The van der Waals surface area contributed by atoms with E-state index in [1.54, 1.807) is 6.07 Å². The van der Waals surface area contributed by atoms with E-state index in [0.717, 1.165) is 12.1 Å². The number of nitrogens with zero attached hydrogens (tertiary/aromatic N) is 3. The van der Waals surface area contributed by atoms with Gasteiger partial charge in [-0.15, -0.1) is 0 Å². The van der Waals surface area contributed by atoms with Gasteiger partial charge in [0.15, 0.2) is 11.6 Å². The molecule has 0 aliphatic rings. The van der Waals surface area contributed by atoms with Gasteiger partial charge in [0.2, 0.25) is 5.89 Å². The van der Waals surface area contributed by atoms with Crippen LogP contribution < -0.4 is 4.74 Å². The van der Waals surface area contributed by atoms with Crippen molar-refractivity contribution in [1.29, 1.82) is 0 Å². The summed E-state index contributed by atoms with van der Waals surface area (Å²) in [6.45, 7) is 0. The summed E-state index contributed by atoms with van der Waals surface area (Å²) >= 11 is 5.87. The fourth-order valence-corrected chi connectivity index (χ4v) is 2.37. The van der Waals surface area contributed by atoms with Crippen LogP contribution in [0, 0.1) is 11.6 Å². The molecule has 0 saturated carbocycles. The first-order valence-electron chi connectivity index (χ1n) is 7.25. The number of phenols is 1. The molecule has 1 N–H and O–H groups in total. The van der Waals surface area contributed by atoms with Crippen LogP contribution in [-0.4, -0.2) is 20.1 Å². The molecule has 4 rings (SSSR count). The maximum absolute atomic E-state index is 13.7. The Hall–Kier alpha value is -3.26. The normalized spacial score (nSPS) is 11.0. The molecule has 0 saturated heterocycles. The molecule has 2 aromatic heterocycles. The number of oxazole rings is 1. The molecule has 4 aromatic rings. The Morgan fingerprint density at radius 1 is 1.08 bits per heavy atom. The first kappa shape index (κ1) is 16.2. The monoisotopic (exact) mass is 375 g/mol. The minimum Gasteiger partial charge on any atom is -0.506 e. The summed E-state index contributed by atoms with van der Waals surface area (Å²) in [5.41, 5.74) is 0.977. The topological polar surface area (TPSA) is 81.3 Å². The summed E-state index contributed by atoms with van der Waals surface area (Å²) in [5, 5.41) is 9.62. The molecular weight excluding hydrogens is 368 g/mol. The van der Waals surface area contributed by atoms with Gasteiger partial charge >= 0.3 is 6.01 Å². The van der Waals surface area contributed by atoms with Crippen LogP contribution in [0.1, 0.15) is 0 Å². The van der Waals surface area contributed by atoms with Gasteiger partial charge in [0.1, 0.15) is 17.1 Å². The third kappa shape index (κ3) is 3.02. The van der Waals surface area contributed by atoms with Gasteiger partial charge in [-0.1, -0.05) is 11.6 Å². The van der Waals surface area contributed by atoms with Crippen molar-refractivity contribution in [2.45, 2.75) is 0 Å². The number of halogens is 3. The quantitative estimate of drug-likeness (QED) is 0.558. The zero-order valence-corrected chi connectivity index (χ0v) is 13.5. The molecule has 0 radical (unpaired) electrons. The first-order chi connectivity index (χ1) is 12.5. The molecule has 26 heavy (non-hydrogen) atoms. The Bertz CT molecular complexity index is 1130. The zero-order chi connectivity index (χ0) is 18.3. The summed E-state index contributed by atoms with van der Waals surface area (Å²) < 4.78 is 37.4. The average Bonchev–Trinajstić information content (AvgIpc) is 3.03. The predicted molar refractivity (Wildman–Crippen MR) is 88.1 cm³/mol. The van der Waals surface area contributed by atoms with Gasteiger partial charge in [-0.2, -0.15) is 4.98 Å². The molecule has 0 aliphatic heterocycles. The SMILES string of the molecule is Oc1ccc(-c2nc3cnc(Oc4ccc(F)cc4F)nc3o2)cc1Cl. The largest absolute Gasteiger partial charge is 0.506 e. The number of phenolic OH excluding ortho intramolecular Hbond substituents is 1. The van der Waals surface area contributed by atoms with Gasteiger partial charge in [0, 0.05) is 11.6 Å². The number of aromatic nitrogens is 3. The van der Waals surface area contributed by atoms with Crippen LogP contribution in [0.2, 0.25) is 5.02 Å². The van der Waals surface area contributed by atoms with Crippen molar-refractivity contribution < 1.29 is 23.0 Å². The van der Waals surface area contributed by atoms with Crippen molar-refractivity contribution in [3.05, 3.63) is 59.3 Å². The highest BCUT2D eigenvalue weighted by Crippen LogP contribution is 2.31. The molecule has 0 fully saturated rings. The van der Waals surface area contributed by atoms with E-state index in [-0.39, 0.29) is 34.1 Å². The first-order valence-corrected chi connectivity index (χ1v) is 7.63. The van der Waals surface area contributed by atoms with Crippen LogP contribution >= 0.6 is 11.6 Å². The van der Waals surface area contributed by atoms with E-state index in [0.29, 0.717) is 17.1 Å². The Morgan fingerprint density at radius 3 is 2.69 bits per heavy atom. The molecule has 0 amide bonds. The number of rotatable bonds is 3. The third-order valence-electron chi connectivity index (χ3n) is 3.42. The highest BCUT2D eigenvalue weighted by Gasteiger charge is 2.14. The Balaban J connectivity index is 1.68. The van der Waals surface area contributed by atoms with Crippen LogP contribution in [0.15, 0.2) is 47.0 Å². The van der Waals surface area contributed by atoms with Crippen LogP contribution in [0.5, 0.6) is 17.5 Å². The van der Waals surface area contributed by atoms with Gasteiger partial charge in [0.05, 0.1) is 11.2 Å². The molecule has 0 spiro atoms. The minimum atomic E-state index is -0.884.